The Kier molecular flexibility index (Phi) is 5.46. The molecule has 0 saturated heterocycles. The maximum Gasteiger partial charge on any atom is 0.0746 e. The summed E-state index contributed by atoms with van der Waals surface area (Å²) in [6.07, 6.45) is 4.83. The van der Waals surface area contributed by atoms with Crippen molar-refractivity contribution in [1.82, 2.24) is 5.32 Å². The smallest absolute Gasteiger partial charge is 0.0746 e. The fourth-order valence-electron chi connectivity index (χ4n) is 3.17. The van der Waals surface area contributed by atoms with Crippen LogP contribution in [0.15, 0.2) is 0 Å². The molecule has 0 heterocycles. The van der Waals surface area contributed by atoms with Crippen LogP contribution in [0.5, 0.6) is 0 Å². The third-order valence-electron chi connectivity index (χ3n) is 4.30. The van der Waals surface area contributed by atoms with E-state index < -0.39 is 5.60 Å². The maximum absolute atomic E-state index is 10.3. The molecule has 17 heavy (non-hydrogen) atoms. The van der Waals surface area contributed by atoms with Gasteiger partial charge in [0.15, 0.2) is 0 Å². The molecule has 0 bridgehead atoms. The molecule has 2 N–H and O–H groups in total. The summed E-state index contributed by atoms with van der Waals surface area (Å²) in [5, 5.41) is 13.9. The second-order valence-corrected chi connectivity index (χ2v) is 6.85. The number of rotatable bonds is 5. The average Bonchev–Trinajstić information content (AvgIpc) is 2.18. The molecule has 4 unspecified atom stereocenters. The second-order valence-electron chi connectivity index (χ2n) is 6.85. The van der Waals surface area contributed by atoms with Crippen molar-refractivity contribution in [3.63, 3.8) is 0 Å². The van der Waals surface area contributed by atoms with Gasteiger partial charge in [-0.3, -0.25) is 0 Å². The van der Waals surface area contributed by atoms with Gasteiger partial charge >= 0.3 is 0 Å². The van der Waals surface area contributed by atoms with Crippen molar-refractivity contribution in [1.29, 1.82) is 0 Å². The monoisotopic (exact) mass is 241 g/mol. The number of aliphatic hydroxyl groups is 1. The molecule has 1 fully saturated rings. The molecule has 102 valence electrons. The molecular weight excluding hydrogens is 210 g/mol. The first kappa shape index (κ1) is 15.0. The Bertz CT molecular complexity index is 225. The molecule has 0 amide bonds. The number of hydrogen-bond donors (Lipinski definition) is 2. The zero-order valence-electron chi connectivity index (χ0n) is 12.3. The summed E-state index contributed by atoms with van der Waals surface area (Å²) in [5.41, 5.74) is -0.561. The lowest BCUT2D eigenvalue weighted by molar-refractivity contribution is 0.0305. The van der Waals surface area contributed by atoms with Crippen molar-refractivity contribution >= 4 is 0 Å². The van der Waals surface area contributed by atoms with E-state index in [-0.39, 0.29) is 0 Å². The van der Waals surface area contributed by atoms with Crippen LogP contribution in [-0.4, -0.2) is 23.3 Å². The Balaban J connectivity index is 2.38. The van der Waals surface area contributed by atoms with E-state index in [0.29, 0.717) is 12.0 Å². The van der Waals surface area contributed by atoms with Gasteiger partial charge in [-0.1, -0.05) is 40.5 Å². The van der Waals surface area contributed by atoms with Gasteiger partial charge in [0.2, 0.25) is 0 Å². The van der Waals surface area contributed by atoms with E-state index >= 15 is 0 Å². The Morgan fingerprint density at radius 1 is 1.29 bits per heavy atom. The second kappa shape index (κ2) is 6.19. The minimum absolute atomic E-state index is 0.550. The van der Waals surface area contributed by atoms with Gasteiger partial charge in [0.05, 0.1) is 5.60 Å². The van der Waals surface area contributed by atoms with Gasteiger partial charge in [-0.05, 0) is 37.5 Å². The van der Waals surface area contributed by atoms with Gasteiger partial charge in [0.1, 0.15) is 0 Å². The van der Waals surface area contributed by atoms with E-state index in [2.05, 4.69) is 33.0 Å². The highest BCUT2D eigenvalue weighted by Gasteiger charge is 2.29. The van der Waals surface area contributed by atoms with Crippen LogP contribution in [-0.2, 0) is 0 Å². The highest BCUT2D eigenvalue weighted by molar-refractivity contribution is 4.85. The van der Waals surface area contributed by atoms with E-state index in [9.17, 15) is 5.11 Å². The van der Waals surface area contributed by atoms with Gasteiger partial charge in [-0.15, -0.1) is 0 Å². The van der Waals surface area contributed by atoms with Crippen molar-refractivity contribution in [3.05, 3.63) is 0 Å². The molecule has 0 aromatic rings. The van der Waals surface area contributed by atoms with Crippen LogP contribution in [0.3, 0.4) is 0 Å². The highest BCUT2D eigenvalue weighted by atomic mass is 16.3. The van der Waals surface area contributed by atoms with Crippen LogP contribution in [0.1, 0.15) is 60.3 Å². The summed E-state index contributed by atoms with van der Waals surface area (Å²) in [4.78, 5) is 0. The predicted octanol–water partition coefficient (Wildman–Crippen LogP) is 3.20. The van der Waals surface area contributed by atoms with Crippen LogP contribution in [0.2, 0.25) is 0 Å². The van der Waals surface area contributed by atoms with Gasteiger partial charge in [-0.2, -0.15) is 0 Å². The summed E-state index contributed by atoms with van der Waals surface area (Å²) in [7, 11) is 0. The Morgan fingerprint density at radius 3 is 2.53 bits per heavy atom. The molecule has 0 spiro atoms. The van der Waals surface area contributed by atoms with Crippen LogP contribution in [0.25, 0.3) is 0 Å². The summed E-state index contributed by atoms with van der Waals surface area (Å²) >= 11 is 0. The minimum Gasteiger partial charge on any atom is -0.389 e. The molecule has 4 atom stereocenters. The Hall–Kier alpha value is -0.0800. The molecule has 1 saturated carbocycles. The predicted molar refractivity (Wildman–Crippen MR) is 74.0 cm³/mol. The number of hydrogen-bond acceptors (Lipinski definition) is 2. The van der Waals surface area contributed by atoms with Gasteiger partial charge in [0.25, 0.3) is 0 Å². The SMILES string of the molecule is CC(C)CC(C)(O)CNC1CCCC(C)C1C. The summed E-state index contributed by atoms with van der Waals surface area (Å²) in [6, 6.07) is 0.595. The largest absolute Gasteiger partial charge is 0.389 e. The summed E-state index contributed by atoms with van der Waals surface area (Å²) in [5.74, 6) is 2.10. The molecule has 2 heteroatoms. The molecule has 1 rings (SSSR count). The van der Waals surface area contributed by atoms with Crippen LogP contribution < -0.4 is 5.32 Å². The third kappa shape index (κ3) is 4.97. The molecular formula is C15H31NO. The lowest BCUT2D eigenvalue weighted by Crippen LogP contribution is -2.47. The standard InChI is InChI=1S/C15H31NO/c1-11(2)9-15(5,17)10-16-14-8-6-7-12(3)13(14)4/h11-14,16-17H,6-10H2,1-5H3. The molecule has 0 aromatic heterocycles. The first-order chi connectivity index (χ1) is 7.82. The Labute approximate surface area is 107 Å². The van der Waals surface area contributed by atoms with Gasteiger partial charge < -0.3 is 10.4 Å². The van der Waals surface area contributed by atoms with Crippen molar-refractivity contribution in [2.45, 2.75) is 71.9 Å². The molecule has 2 nitrogen and oxygen atoms in total. The van der Waals surface area contributed by atoms with Crippen molar-refractivity contribution < 1.29 is 5.11 Å². The van der Waals surface area contributed by atoms with E-state index in [4.69, 9.17) is 0 Å². The molecule has 0 aliphatic heterocycles. The average molecular weight is 241 g/mol. The summed E-state index contributed by atoms with van der Waals surface area (Å²) < 4.78 is 0. The fourth-order valence-corrected chi connectivity index (χ4v) is 3.17. The first-order valence-electron chi connectivity index (χ1n) is 7.27. The Morgan fingerprint density at radius 2 is 1.94 bits per heavy atom. The van der Waals surface area contributed by atoms with Gasteiger partial charge in [0, 0.05) is 12.6 Å². The quantitative estimate of drug-likeness (QED) is 0.775. The van der Waals surface area contributed by atoms with E-state index in [0.717, 1.165) is 24.8 Å². The molecule has 0 radical (unpaired) electrons. The van der Waals surface area contributed by atoms with Crippen LogP contribution in [0, 0.1) is 17.8 Å². The van der Waals surface area contributed by atoms with E-state index in [1.165, 1.54) is 19.3 Å². The van der Waals surface area contributed by atoms with Crippen molar-refractivity contribution in [2.24, 2.45) is 17.8 Å². The maximum atomic E-state index is 10.3. The van der Waals surface area contributed by atoms with Crippen molar-refractivity contribution in [2.75, 3.05) is 6.54 Å². The molecule has 1 aliphatic rings. The lowest BCUT2D eigenvalue weighted by Gasteiger charge is -2.37. The van der Waals surface area contributed by atoms with Crippen molar-refractivity contribution in [3.8, 4) is 0 Å². The summed E-state index contributed by atoms with van der Waals surface area (Å²) in [6.45, 7) is 11.7. The van der Waals surface area contributed by atoms with E-state index in [1.807, 2.05) is 6.92 Å². The topological polar surface area (TPSA) is 32.3 Å². The lowest BCUT2D eigenvalue weighted by atomic mass is 9.78. The van der Waals surface area contributed by atoms with Crippen LogP contribution >= 0.6 is 0 Å². The highest BCUT2D eigenvalue weighted by Crippen LogP contribution is 2.29. The first-order valence-corrected chi connectivity index (χ1v) is 7.27. The molecule has 1 aliphatic carbocycles. The zero-order chi connectivity index (χ0) is 13.1. The van der Waals surface area contributed by atoms with Gasteiger partial charge in [-0.25, -0.2) is 0 Å². The number of nitrogens with one attached hydrogen (secondary N) is 1. The zero-order valence-corrected chi connectivity index (χ0v) is 12.3. The van der Waals surface area contributed by atoms with Crippen LogP contribution in [0.4, 0.5) is 0 Å². The van der Waals surface area contributed by atoms with E-state index in [1.54, 1.807) is 0 Å². The fraction of sp³-hybridized carbons (Fsp3) is 1.00. The third-order valence-corrected chi connectivity index (χ3v) is 4.30. The molecule has 0 aromatic carbocycles. The minimum atomic E-state index is -0.561. The normalized spacial score (nSPS) is 33.7.